The lowest BCUT2D eigenvalue weighted by atomic mass is 10.1. The minimum absolute atomic E-state index is 0. The fraction of sp³-hybridized carbons (Fsp3) is 0.412. The van der Waals surface area contributed by atoms with Gasteiger partial charge < -0.3 is 10.6 Å². The van der Waals surface area contributed by atoms with Gasteiger partial charge in [-0.1, -0.05) is 29.3 Å². The van der Waals surface area contributed by atoms with E-state index in [1.807, 2.05) is 31.6 Å². The van der Waals surface area contributed by atoms with Gasteiger partial charge in [0, 0.05) is 41.9 Å². The molecule has 1 heterocycles. The highest BCUT2D eigenvalue weighted by Gasteiger charge is 2.02. The molecule has 0 saturated heterocycles. The summed E-state index contributed by atoms with van der Waals surface area (Å²) in [6.45, 7) is 4.29. The van der Waals surface area contributed by atoms with Crippen LogP contribution in [0.5, 0.6) is 0 Å². The maximum atomic E-state index is 6.19. The summed E-state index contributed by atoms with van der Waals surface area (Å²) >= 11 is 12.1. The van der Waals surface area contributed by atoms with E-state index >= 15 is 0 Å². The van der Waals surface area contributed by atoms with Gasteiger partial charge in [-0.05, 0) is 37.5 Å². The maximum absolute atomic E-state index is 6.19. The van der Waals surface area contributed by atoms with E-state index in [0.29, 0.717) is 11.6 Å². The molecular weight excluding hydrogens is 472 g/mol. The zero-order valence-corrected chi connectivity index (χ0v) is 18.3. The molecule has 0 radical (unpaired) electrons. The summed E-state index contributed by atoms with van der Waals surface area (Å²) in [7, 11) is 1.90. The van der Waals surface area contributed by atoms with E-state index in [1.165, 1.54) is 0 Å². The Bertz CT molecular complexity index is 687. The van der Waals surface area contributed by atoms with E-state index in [4.69, 9.17) is 23.2 Å². The highest BCUT2D eigenvalue weighted by atomic mass is 127. The number of hydrogen-bond acceptors (Lipinski definition) is 2. The largest absolute Gasteiger partial charge is 0.357 e. The van der Waals surface area contributed by atoms with Gasteiger partial charge in [-0.25, -0.2) is 4.99 Å². The zero-order valence-electron chi connectivity index (χ0n) is 14.4. The first-order valence-electron chi connectivity index (χ1n) is 8.02. The first-order chi connectivity index (χ1) is 11.6. The minimum Gasteiger partial charge on any atom is -0.357 e. The lowest BCUT2D eigenvalue weighted by Crippen LogP contribution is -2.37. The van der Waals surface area contributed by atoms with Crippen molar-refractivity contribution in [3.05, 3.63) is 51.8 Å². The van der Waals surface area contributed by atoms with E-state index in [2.05, 4.69) is 27.6 Å². The standard InChI is InChI=1S/C17H23Cl2N5.HI/c1-3-20-17(22-10-13-11-23-24(2)12-13)21-8-4-5-14-6-7-15(18)9-16(14)19;/h6-7,9,11-12H,3-5,8,10H2,1-2H3,(H2,20,21,22);1H. The summed E-state index contributed by atoms with van der Waals surface area (Å²) in [5.74, 6) is 0.809. The van der Waals surface area contributed by atoms with Crippen molar-refractivity contribution in [1.82, 2.24) is 20.4 Å². The van der Waals surface area contributed by atoms with Crippen molar-refractivity contribution in [2.45, 2.75) is 26.3 Å². The Kier molecular flexibility index (Phi) is 10.2. The molecule has 0 bridgehead atoms. The predicted molar refractivity (Wildman–Crippen MR) is 116 cm³/mol. The van der Waals surface area contributed by atoms with Gasteiger partial charge >= 0.3 is 0 Å². The number of halogens is 3. The molecule has 25 heavy (non-hydrogen) atoms. The second-order valence-electron chi connectivity index (χ2n) is 5.48. The number of nitrogens with zero attached hydrogens (tertiary/aromatic N) is 3. The zero-order chi connectivity index (χ0) is 17.4. The molecule has 2 aromatic rings. The fourth-order valence-electron chi connectivity index (χ4n) is 2.28. The van der Waals surface area contributed by atoms with Crippen LogP contribution in [0.3, 0.4) is 0 Å². The van der Waals surface area contributed by atoms with Crippen LogP contribution >= 0.6 is 47.2 Å². The van der Waals surface area contributed by atoms with Crippen molar-refractivity contribution in [3.63, 3.8) is 0 Å². The van der Waals surface area contributed by atoms with E-state index in [1.54, 1.807) is 10.7 Å². The first-order valence-corrected chi connectivity index (χ1v) is 8.77. The third-order valence-electron chi connectivity index (χ3n) is 3.45. The highest BCUT2D eigenvalue weighted by molar-refractivity contribution is 14.0. The molecule has 138 valence electrons. The molecule has 0 aliphatic carbocycles. The SMILES string of the molecule is CCNC(=NCc1cnn(C)c1)NCCCc1ccc(Cl)cc1Cl.I. The minimum atomic E-state index is 0. The van der Waals surface area contributed by atoms with Crippen LogP contribution in [0.1, 0.15) is 24.5 Å². The van der Waals surface area contributed by atoms with Gasteiger partial charge in [-0.15, -0.1) is 24.0 Å². The van der Waals surface area contributed by atoms with Crippen LogP contribution < -0.4 is 10.6 Å². The Morgan fingerprint density at radius 1 is 1.28 bits per heavy atom. The number of aliphatic imine (C=N–C) groups is 1. The molecule has 0 unspecified atom stereocenters. The van der Waals surface area contributed by atoms with E-state index in [0.717, 1.165) is 48.0 Å². The smallest absolute Gasteiger partial charge is 0.191 e. The summed E-state index contributed by atoms with van der Waals surface area (Å²) < 4.78 is 1.78. The van der Waals surface area contributed by atoms with Gasteiger partial charge in [0.1, 0.15) is 0 Å². The topological polar surface area (TPSA) is 54.2 Å². The van der Waals surface area contributed by atoms with Gasteiger partial charge in [0.2, 0.25) is 0 Å². The van der Waals surface area contributed by atoms with Gasteiger partial charge in [0.25, 0.3) is 0 Å². The fourth-order valence-corrected chi connectivity index (χ4v) is 2.78. The number of guanidine groups is 1. The molecule has 0 atom stereocenters. The molecule has 0 amide bonds. The molecule has 0 fully saturated rings. The van der Waals surface area contributed by atoms with Crippen molar-refractivity contribution in [2.24, 2.45) is 12.0 Å². The van der Waals surface area contributed by atoms with Crippen LogP contribution in [-0.4, -0.2) is 28.8 Å². The average molecular weight is 496 g/mol. The molecule has 8 heteroatoms. The van der Waals surface area contributed by atoms with Crippen molar-refractivity contribution in [1.29, 1.82) is 0 Å². The quantitative estimate of drug-likeness (QED) is 0.264. The molecule has 1 aromatic heterocycles. The number of aromatic nitrogens is 2. The lowest BCUT2D eigenvalue weighted by Gasteiger charge is -2.11. The predicted octanol–water partition coefficient (Wildman–Crippen LogP) is 4.03. The normalized spacial score (nSPS) is 11.1. The average Bonchev–Trinajstić information content (AvgIpc) is 2.96. The number of hydrogen-bond donors (Lipinski definition) is 2. The Morgan fingerprint density at radius 3 is 2.72 bits per heavy atom. The first kappa shape index (κ1) is 22.1. The van der Waals surface area contributed by atoms with Crippen molar-refractivity contribution >= 4 is 53.1 Å². The van der Waals surface area contributed by atoms with Gasteiger partial charge in [-0.3, -0.25) is 4.68 Å². The molecule has 0 spiro atoms. The molecule has 0 aliphatic rings. The summed E-state index contributed by atoms with van der Waals surface area (Å²) in [6, 6.07) is 5.63. The molecule has 1 aromatic carbocycles. The summed E-state index contributed by atoms with van der Waals surface area (Å²) in [5.41, 5.74) is 2.20. The van der Waals surface area contributed by atoms with Crippen LogP contribution in [0, 0.1) is 0 Å². The third-order valence-corrected chi connectivity index (χ3v) is 4.04. The number of aryl methyl sites for hydroxylation is 2. The number of benzene rings is 1. The molecule has 5 nitrogen and oxygen atoms in total. The Labute approximate surface area is 176 Å². The van der Waals surface area contributed by atoms with Crippen molar-refractivity contribution < 1.29 is 0 Å². The summed E-state index contributed by atoms with van der Waals surface area (Å²) in [6.07, 6.45) is 5.65. The molecule has 0 aliphatic heterocycles. The highest BCUT2D eigenvalue weighted by Crippen LogP contribution is 2.21. The maximum Gasteiger partial charge on any atom is 0.191 e. The van der Waals surface area contributed by atoms with Crippen LogP contribution in [-0.2, 0) is 20.0 Å². The Balaban J connectivity index is 0.00000312. The molecule has 2 rings (SSSR count). The van der Waals surface area contributed by atoms with Crippen LogP contribution in [0.4, 0.5) is 0 Å². The van der Waals surface area contributed by atoms with Crippen LogP contribution in [0.25, 0.3) is 0 Å². The summed E-state index contributed by atoms with van der Waals surface area (Å²) in [5, 5.41) is 12.1. The van der Waals surface area contributed by atoms with Crippen molar-refractivity contribution in [3.8, 4) is 0 Å². The van der Waals surface area contributed by atoms with E-state index < -0.39 is 0 Å². The number of nitrogens with one attached hydrogen (secondary N) is 2. The monoisotopic (exact) mass is 495 g/mol. The molecule has 2 N–H and O–H groups in total. The van der Waals surface area contributed by atoms with Gasteiger partial charge in [0.15, 0.2) is 5.96 Å². The van der Waals surface area contributed by atoms with Crippen molar-refractivity contribution in [2.75, 3.05) is 13.1 Å². The van der Waals surface area contributed by atoms with E-state index in [-0.39, 0.29) is 24.0 Å². The van der Waals surface area contributed by atoms with Gasteiger partial charge in [-0.2, -0.15) is 5.10 Å². The lowest BCUT2D eigenvalue weighted by molar-refractivity contribution is 0.743. The number of rotatable bonds is 7. The Morgan fingerprint density at radius 2 is 2.08 bits per heavy atom. The van der Waals surface area contributed by atoms with Gasteiger partial charge in [0.05, 0.1) is 12.7 Å². The summed E-state index contributed by atoms with van der Waals surface area (Å²) in [4.78, 5) is 4.57. The second-order valence-corrected chi connectivity index (χ2v) is 6.33. The third kappa shape index (κ3) is 7.83. The second kappa shape index (κ2) is 11.6. The van der Waals surface area contributed by atoms with Crippen LogP contribution in [0.15, 0.2) is 35.6 Å². The molecular formula is C17H24Cl2IN5. The Hall–Kier alpha value is -0.990. The molecule has 0 saturated carbocycles. The van der Waals surface area contributed by atoms with Crippen LogP contribution in [0.2, 0.25) is 10.0 Å². The van der Waals surface area contributed by atoms with E-state index in [9.17, 15) is 0 Å².